The smallest absolute Gasteiger partial charge is 0.264 e. The Hall–Kier alpha value is -2.63. The Bertz CT molecular complexity index is 836. The van der Waals surface area contributed by atoms with Crippen LogP contribution in [0.15, 0.2) is 40.5 Å². The van der Waals surface area contributed by atoms with Gasteiger partial charge >= 0.3 is 0 Å². The normalized spacial score (nSPS) is 15.6. The highest BCUT2D eigenvalue weighted by Crippen LogP contribution is 2.29. The molecule has 0 unspecified atom stereocenters. The van der Waals surface area contributed by atoms with Crippen LogP contribution in [0.25, 0.3) is 11.4 Å². The summed E-state index contributed by atoms with van der Waals surface area (Å²) in [5.41, 5.74) is 2.79. The molecule has 2 N–H and O–H groups in total. The van der Waals surface area contributed by atoms with Gasteiger partial charge in [-0.1, -0.05) is 29.4 Å². The molecule has 0 spiro atoms. The van der Waals surface area contributed by atoms with E-state index >= 15 is 0 Å². The van der Waals surface area contributed by atoms with Crippen molar-refractivity contribution in [3.63, 3.8) is 0 Å². The number of rotatable bonds is 1. The molecule has 6 heteroatoms. The van der Waals surface area contributed by atoms with Gasteiger partial charge in [0.25, 0.3) is 5.56 Å². The van der Waals surface area contributed by atoms with Crippen LogP contribution in [0.1, 0.15) is 25.8 Å². The average Bonchev–Trinajstić information content (AvgIpc) is 2.78. The summed E-state index contributed by atoms with van der Waals surface area (Å²) in [5.74, 6) is 0.0289. The van der Waals surface area contributed by atoms with Gasteiger partial charge in [-0.2, -0.15) is 14.6 Å². The van der Waals surface area contributed by atoms with Crippen LogP contribution in [0.2, 0.25) is 0 Å². The Balaban J connectivity index is 2.30. The van der Waals surface area contributed by atoms with Crippen molar-refractivity contribution in [2.45, 2.75) is 20.3 Å². The van der Waals surface area contributed by atoms with Crippen molar-refractivity contribution in [3.8, 4) is 5.88 Å². The maximum Gasteiger partial charge on any atom is 0.264 e. The molecule has 2 aromatic heterocycles. The van der Waals surface area contributed by atoms with E-state index in [4.69, 9.17) is 0 Å². The summed E-state index contributed by atoms with van der Waals surface area (Å²) < 4.78 is 1.22. The zero-order chi connectivity index (χ0) is 14.3. The third-order valence-electron chi connectivity index (χ3n) is 3.34. The molecule has 102 valence electrons. The maximum atomic E-state index is 12.2. The Labute approximate surface area is 114 Å². The first-order valence-corrected chi connectivity index (χ1v) is 6.27. The molecule has 0 aliphatic heterocycles. The van der Waals surface area contributed by atoms with Crippen molar-refractivity contribution in [1.82, 2.24) is 19.6 Å². The number of allylic oxidation sites excluding steroid dienone is 6. The number of hydrogen-bond donors (Lipinski definition) is 2. The third-order valence-corrected chi connectivity index (χ3v) is 3.34. The molecule has 0 amide bonds. The first-order chi connectivity index (χ1) is 9.58. The monoisotopic (exact) mass is 270 g/mol. The average molecular weight is 270 g/mol. The highest BCUT2D eigenvalue weighted by Gasteiger charge is 2.18. The highest BCUT2D eigenvalue weighted by molar-refractivity contribution is 5.80. The van der Waals surface area contributed by atoms with Crippen molar-refractivity contribution >= 4 is 11.4 Å². The number of aromatic nitrogens is 4. The van der Waals surface area contributed by atoms with E-state index in [1.807, 2.05) is 32.1 Å². The second-order valence-electron chi connectivity index (χ2n) is 4.89. The van der Waals surface area contributed by atoms with E-state index in [9.17, 15) is 9.90 Å². The van der Waals surface area contributed by atoms with Crippen molar-refractivity contribution in [2.75, 3.05) is 0 Å². The molecule has 0 atom stereocenters. The maximum absolute atomic E-state index is 12.2. The number of nitrogens with one attached hydrogen (secondary N) is 1. The van der Waals surface area contributed by atoms with E-state index in [-0.39, 0.29) is 22.8 Å². The van der Waals surface area contributed by atoms with Gasteiger partial charge in [-0.25, -0.2) is 0 Å². The molecule has 0 saturated carbocycles. The molecule has 6 nitrogen and oxygen atoms in total. The predicted molar refractivity (Wildman–Crippen MR) is 75.4 cm³/mol. The number of hydrogen-bond acceptors (Lipinski definition) is 4. The van der Waals surface area contributed by atoms with E-state index in [0.717, 1.165) is 12.0 Å². The van der Waals surface area contributed by atoms with Crippen LogP contribution in [0.5, 0.6) is 5.88 Å². The summed E-state index contributed by atoms with van der Waals surface area (Å²) in [4.78, 5) is 18.7. The lowest BCUT2D eigenvalue weighted by Crippen LogP contribution is -2.15. The second kappa shape index (κ2) is 4.48. The zero-order valence-electron chi connectivity index (χ0n) is 11.2. The van der Waals surface area contributed by atoms with E-state index < -0.39 is 0 Å². The summed E-state index contributed by atoms with van der Waals surface area (Å²) in [6, 6.07) is 0. The van der Waals surface area contributed by atoms with Gasteiger partial charge < -0.3 is 5.11 Å². The van der Waals surface area contributed by atoms with Crippen LogP contribution in [0, 0.1) is 0 Å². The van der Waals surface area contributed by atoms with E-state index in [2.05, 4.69) is 15.1 Å². The van der Waals surface area contributed by atoms with Gasteiger partial charge in [-0.05, 0) is 25.8 Å². The van der Waals surface area contributed by atoms with Gasteiger partial charge in [0.2, 0.25) is 11.7 Å². The van der Waals surface area contributed by atoms with Crippen LogP contribution in [0.3, 0.4) is 0 Å². The van der Waals surface area contributed by atoms with Gasteiger partial charge in [0.1, 0.15) is 11.9 Å². The van der Waals surface area contributed by atoms with Crippen molar-refractivity contribution < 1.29 is 5.11 Å². The molecule has 20 heavy (non-hydrogen) atoms. The van der Waals surface area contributed by atoms with Crippen molar-refractivity contribution in [2.24, 2.45) is 0 Å². The predicted octanol–water partition coefficient (Wildman–Crippen LogP) is 1.80. The molecule has 1 aliphatic rings. The molecule has 1 aliphatic carbocycles. The standard InChI is InChI=1S/C14H14N4O2/c1-8-4-3-5-10(9(2)6-8)11-12(19)17-14-15-7-16-18(14)13(11)20/h3-5,7,20H,6H2,1-2H3,(H,15,16,17,19). The van der Waals surface area contributed by atoms with Crippen LogP contribution in [-0.2, 0) is 0 Å². The van der Waals surface area contributed by atoms with E-state index in [1.165, 1.54) is 16.4 Å². The fraction of sp³-hybridized carbons (Fsp3) is 0.214. The Morgan fingerprint density at radius 3 is 3.00 bits per heavy atom. The first-order valence-electron chi connectivity index (χ1n) is 6.27. The molecule has 2 aromatic rings. The molecule has 3 rings (SSSR count). The van der Waals surface area contributed by atoms with Gasteiger partial charge in [0.05, 0.1) is 0 Å². The molecule has 0 saturated heterocycles. The van der Waals surface area contributed by atoms with Crippen molar-refractivity contribution in [3.05, 3.63) is 51.6 Å². The molecular formula is C14H14N4O2. The third kappa shape index (κ3) is 1.85. The fourth-order valence-corrected chi connectivity index (χ4v) is 2.42. The molecule has 0 fully saturated rings. The Kier molecular flexibility index (Phi) is 2.78. The highest BCUT2D eigenvalue weighted by atomic mass is 16.3. The lowest BCUT2D eigenvalue weighted by atomic mass is 9.99. The second-order valence-corrected chi connectivity index (χ2v) is 4.89. The van der Waals surface area contributed by atoms with Crippen LogP contribution >= 0.6 is 0 Å². The summed E-state index contributed by atoms with van der Waals surface area (Å²) in [5, 5.41) is 14.2. The first kappa shape index (κ1) is 12.4. The molecule has 0 radical (unpaired) electrons. The number of fused-ring (bicyclic) bond motifs is 1. The van der Waals surface area contributed by atoms with Crippen LogP contribution in [0.4, 0.5) is 0 Å². The van der Waals surface area contributed by atoms with E-state index in [0.29, 0.717) is 5.57 Å². The molecule has 2 heterocycles. The zero-order valence-corrected chi connectivity index (χ0v) is 11.2. The Morgan fingerprint density at radius 2 is 2.20 bits per heavy atom. The van der Waals surface area contributed by atoms with Gasteiger partial charge in [0.15, 0.2) is 0 Å². The Morgan fingerprint density at radius 1 is 1.40 bits per heavy atom. The number of H-pyrrole nitrogens is 1. The quantitative estimate of drug-likeness (QED) is 0.827. The lowest BCUT2D eigenvalue weighted by Gasteiger charge is -2.09. The summed E-state index contributed by atoms with van der Waals surface area (Å²) in [6.07, 6.45) is 7.75. The number of aromatic amines is 1. The lowest BCUT2D eigenvalue weighted by molar-refractivity contribution is 0.432. The SMILES string of the molecule is CC1=CC=CC(c2c(O)n3ncnc3[nH]c2=O)=C(C)C1. The number of aromatic hydroxyl groups is 1. The molecule has 0 bridgehead atoms. The minimum Gasteiger partial charge on any atom is -0.493 e. The summed E-state index contributed by atoms with van der Waals surface area (Å²) >= 11 is 0. The molecule has 0 aromatic carbocycles. The van der Waals surface area contributed by atoms with Crippen molar-refractivity contribution in [1.29, 1.82) is 0 Å². The van der Waals surface area contributed by atoms with Gasteiger partial charge in [0, 0.05) is 0 Å². The van der Waals surface area contributed by atoms with E-state index in [1.54, 1.807) is 0 Å². The van der Waals surface area contributed by atoms with Gasteiger partial charge in [-0.3, -0.25) is 9.78 Å². The summed E-state index contributed by atoms with van der Waals surface area (Å²) in [7, 11) is 0. The fourth-order valence-electron chi connectivity index (χ4n) is 2.42. The minimum atomic E-state index is -0.374. The van der Waals surface area contributed by atoms with Crippen LogP contribution in [-0.4, -0.2) is 24.7 Å². The van der Waals surface area contributed by atoms with Crippen LogP contribution < -0.4 is 5.56 Å². The van der Waals surface area contributed by atoms with Gasteiger partial charge in [-0.15, -0.1) is 0 Å². The number of nitrogens with zero attached hydrogens (tertiary/aromatic N) is 3. The molecular weight excluding hydrogens is 256 g/mol. The largest absolute Gasteiger partial charge is 0.493 e. The topological polar surface area (TPSA) is 83.3 Å². The minimum absolute atomic E-state index is 0.195. The summed E-state index contributed by atoms with van der Waals surface area (Å²) in [6.45, 7) is 3.98.